The Hall–Kier alpha value is -1.32. The molecule has 0 aromatic heterocycles. The van der Waals surface area contributed by atoms with E-state index >= 15 is 0 Å². The van der Waals surface area contributed by atoms with Gasteiger partial charge in [0, 0.05) is 27.8 Å². The lowest BCUT2D eigenvalue weighted by Gasteiger charge is -2.09. The van der Waals surface area contributed by atoms with Gasteiger partial charge in [0.05, 0.1) is 0 Å². The van der Waals surface area contributed by atoms with Crippen molar-refractivity contribution in [3.05, 3.63) is 63.6 Å². The summed E-state index contributed by atoms with van der Waals surface area (Å²) in [5, 5.41) is 3.79. The highest BCUT2D eigenvalue weighted by Gasteiger charge is 2.08. The minimum Gasteiger partial charge on any atom is -0.381 e. The summed E-state index contributed by atoms with van der Waals surface area (Å²) >= 11 is 11.6. The third kappa shape index (κ3) is 3.12. The highest BCUT2D eigenvalue weighted by molar-refractivity contribution is 6.35. The molecule has 0 unspecified atom stereocenters. The first-order valence-corrected chi connectivity index (χ1v) is 5.95. The predicted octanol–water partition coefficient (Wildman–Crippen LogP) is 4.88. The molecule has 0 saturated heterocycles. The maximum atomic E-state index is 13.4. The summed E-state index contributed by atoms with van der Waals surface area (Å²) < 4.78 is 26.8. The average molecular weight is 288 g/mol. The van der Waals surface area contributed by atoms with Crippen molar-refractivity contribution >= 4 is 28.9 Å². The van der Waals surface area contributed by atoms with E-state index in [-0.39, 0.29) is 12.1 Å². The normalized spacial score (nSPS) is 10.4. The Morgan fingerprint density at radius 3 is 2.06 bits per heavy atom. The number of hydrogen-bond acceptors (Lipinski definition) is 1. The van der Waals surface area contributed by atoms with Crippen LogP contribution >= 0.6 is 23.2 Å². The minimum atomic E-state index is -0.587. The Balaban J connectivity index is 2.16. The van der Waals surface area contributed by atoms with E-state index in [9.17, 15) is 8.78 Å². The Morgan fingerprint density at radius 1 is 0.944 bits per heavy atom. The number of benzene rings is 2. The lowest BCUT2D eigenvalue weighted by Crippen LogP contribution is -2.04. The summed E-state index contributed by atoms with van der Waals surface area (Å²) in [5.41, 5.74) is 0.587. The smallest absolute Gasteiger partial charge is 0.131 e. The van der Waals surface area contributed by atoms with Crippen LogP contribution in [-0.4, -0.2) is 0 Å². The Labute approximate surface area is 113 Å². The van der Waals surface area contributed by atoms with Gasteiger partial charge in [-0.25, -0.2) is 8.78 Å². The molecule has 5 heteroatoms. The summed E-state index contributed by atoms with van der Waals surface area (Å²) in [6.07, 6.45) is 0. The fourth-order valence-corrected chi connectivity index (χ4v) is 2.07. The third-order valence-corrected chi connectivity index (χ3v) is 2.83. The van der Waals surface area contributed by atoms with Crippen LogP contribution < -0.4 is 5.32 Å². The van der Waals surface area contributed by atoms with Gasteiger partial charge in [-0.1, -0.05) is 29.3 Å². The summed E-state index contributed by atoms with van der Waals surface area (Å²) in [5.74, 6) is -1.17. The van der Waals surface area contributed by atoms with Crippen LogP contribution in [0.5, 0.6) is 0 Å². The fraction of sp³-hybridized carbons (Fsp3) is 0.0769. The molecule has 18 heavy (non-hydrogen) atoms. The highest BCUT2D eigenvalue weighted by atomic mass is 35.5. The van der Waals surface area contributed by atoms with Crippen LogP contribution in [-0.2, 0) is 6.54 Å². The topological polar surface area (TPSA) is 12.0 Å². The van der Waals surface area contributed by atoms with Gasteiger partial charge >= 0.3 is 0 Å². The second kappa shape index (κ2) is 5.55. The van der Waals surface area contributed by atoms with E-state index in [1.54, 1.807) is 18.2 Å². The van der Waals surface area contributed by atoms with Gasteiger partial charge in [-0.05, 0) is 30.3 Å². The molecule has 0 aliphatic heterocycles. The number of nitrogens with one attached hydrogen (secondary N) is 1. The molecule has 0 aliphatic rings. The van der Waals surface area contributed by atoms with E-state index in [0.29, 0.717) is 15.7 Å². The number of anilines is 1. The van der Waals surface area contributed by atoms with Crippen molar-refractivity contribution in [1.82, 2.24) is 0 Å². The zero-order valence-corrected chi connectivity index (χ0v) is 10.7. The largest absolute Gasteiger partial charge is 0.381 e. The third-order valence-electron chi connectivity index (χ3n) is 2.39. The first-order chi connectivity index (χ1) is 8.56. The maximum absolute atomic E-state index is 13.4. The van der Waals surface area contributed by atoms with Gasteiger partial charge in [-0.3, -0.25) is 0 Å². The van der Waals surface area contributed by atoms with E-state index in [1.807, 2.05) is 0 Å². The van der Waals surface area contributed by atoms with Gasteiger partial charge in [-0.15, -0.1) is 0 Å². The van der Waals surface area contributed by atoms with E-state index in [1.165, 1.54) is 18.2 Å². The second-order valence-corrected chi connectivity index (χ2v) is 4.58. The van der Waals surface area contributed by atoms with E-state index in [2.05, 4.69) is 5.32 Å². The molecule has 1 N–H and O–H groups in total. The van der Waals surface area contributed by atoms with Gasteiger partial charge in [0.15, 0.2) is 0 Å². The SMILES string of the molecule is Fc1cccc(F)c1CNc1cc(Cl)cc(Cl)c1. The van der Waals surface area contributed by atoms with Crippen LogP contribution in [0.15, 0.2) is 36.4 Å². The zero-order valence-electron chi connectivity index (χ0n) is 9.18. The summed E-state index contributed by atoms with van der Waals surface area (Å²) in [7, 11) is 0. The van der Waals surface area contributed by atoms with Crippen molar-refractivity contribution in [3.8, 4) is 0 Å². The Kier molecular flexibility index (Phi) is 4.04. The van der Waals surface area contributed by atoms with Crippen molar-refractivity contribution in [2.24, 2.45) is 0 Å². The van der Waals surface area contributed by atoms with Crippen molar-refractivity contribution in [1.29, 1.82) is 0 Å². The van der Waals surface area contributed by atoms with Crippen LogP contribution in [0.4, 0.5) is 14.5 Å². The Morgan fingerprint density at radius 2 is 1.50 bits per heavy atom. The first-order valence-electron chi connectivity index (χ1n) is 5.19. The number of hydrogen-bond donors (Lipinski definition) is 1. The van der Waals surface area contributed by atoms with E-state index in [0.717, 1.165) is 0 Å². The van der Waals surface area contributed by atoms with Gasteiger partial charge in [0.1, 0.15) is 11.6 Å². The molecule has 1 nitrogen and oxygen atoms in total. The second-order valence-electron chi connectivity index (χ2n) is 3.71. The monoisotopic (exact) mass is 287 g/mol. The minimum absolute atomic E-state index is 0.0198. The Bertz CT molecular complexity index is 532. The molecule has 2 aromatic rings. The fourth-order valence-electron chi connectivity index (χ4n) is 1.55. The highest BCUT2D eigenvalue weighted by Crippen LogP contribution is 2.23. The lowest BCUT2D eigenvalue weighted by molar-refractivity contribution is 0.560. The molecule has 0 radical (unpaired) electrons. The quantitative estimate of drug-likeness (QED) is 0.848. The number of rotatable bonds is 3. The molecule has 0 amide bonds. The predicted molar refractivity (Wildman–Crippen MR) is 70.1 cm³/mol. The van der Waals surface area contributed by atoms with E-state index < -0.39 is 11.6 Å². The molecule has 0 fully saturated rings. The van der Waals surface area contributed by atoms with Gasteiger partial charge in [0.25, 0.3) is 0 Å². The van der Waals surface area contributed by atoms with Gasteiger partial charge in [0.2, 0.25) is 0 Å². The zero-order chi connectivity index (χ0) is 13.1. The molecule has 0 saturated carbocycles. The van der Waals surface area contributed by atoms with Crippen molar-refractivity contribution in [2.75, 3.05) is 5.32 Å². The number of halogens is 4. The van der Waals surface area contributed by atoms with Gasteiger partial charge < -0.3 is 5.32 Å². The summed E-state index contributed by atoms with van der Waals surface area (Å²) in [6.45, 7) is 0.0230. The van der Waals surface area contributed by atoms with Crippen molar-refractivity contribution in [3.63, 3.8) is 0 Å². The van der Waals surface area contributed by atoms with Crippen molar-refractivity contribution in [2.45, 2.75) is 6.54 Å². The van der Waals surface area contributed by atoms with Crippen LogP contribution in [0.3, 0.4) is 0 Å². The van der Waals surface area contributed by atoms with Crippen molar-refractivity contribution < 1.29 is 8.78 Å². The molecule has 0 spiro atoms. The van der Waals surface area contributed by atoms with Crippen LogP contribution in [0.1, 0.15) is 5.56 Å². The molecule has 0 atom stereocenters. The molecule has 0 aliphatic carbocycles. The van der Waals surface area contributed by atoms with E-state index in [4.69, 9.17) is 23.2 Å². The molecule has 94 valence electrons. The lowest BCUT2D eigenvalue weighted by atomic mass is 10.2. The summed E-state index contributed by atoms with van der Waals surface area (Å²) in [4.78, 5) is 0. The molecule has 0 bridgehead atoms. The summed E-state index contributed by atoms with van der Waals surface area (Å²) in [6, 6.07) is 8.59. The molecular formula is C13H9Cl2F2N. The van der Waals surface area contributed by atoms with Crippen LogP contribution in [0.2, 0.25) is 10.0 Å². The molecule has 2 rings (SSSR count). The molecule has 2 aromatic carbocycles. The first kappa shape index (κ1) is 13.1. The van der Waals surface area contributed by atoms with Gasteiger partial charge in [-0.2, -0.15) is 0 Å². The maximum Gasteiger partial charge on any atom is 0.131 e. The standard InChI is InChI=1S/C13H9Cl2F2N/c14-8-4-9(15)6-10(5-8)18-7-11-12(16)2-1-3-13(11)17/h1-6,18H,7H2. The van der Waals surface area contributed by atoms with Crippen LogP contribution in [0, 0.1) is 11.6 Å². The van der Waals surface area contributed by atoms with Crippen LogP contribution in [0.25, 0.3) is 0 Å². The molecular weight excluding hydrogens is 279 g/mol. The molecule has 0 heterocycles. The average Bonchev–Trinajstić information content (AvgIpc) is 2.27.